The molecular weight excluding hydrogens is 432 g/mol. The summed E-state index contributed by atoms with van der Waals surface area (Å²) in [5.74, 6) is -0.475. The molecule has 0 unspecified atom stereocenters. The van der Waals surface area contributed by atoms with Crippen LogP contribution in [0, 0.1) is 23.7 Å². The summed E-state index contributed by atoms with van der Waals surface area (Å²) in [5, 5.41) is 5.45. The van der Waals surface area contributed by atoms with E-state index in [1.54, 1.807) is 37.3 Å². The van der Waals surface area contributed by atoms with E-state index in [2.05, 4.69) is 17.3 Å². The molecule has 3 aliphatic carbocycles. The fraction of sp³-hybridized carbons (Fsp3) is 0.333. The van der Waals surface area contributed by atoms with Crippen LogP contribution in [0.5, 0.6) is 0 Å². The fourth-order valence-electron chi connectivity index (χ4n) is 4.91. The lowest BCUT2D eigenvalue weighted by Crippen LogP contribution is -2.38. The molecule has 0 spiro atoms. The van der Waals surface area contributed by atoms with Crippen LogP contribution in [0.3, 0.4) is 0 Å². The Hall–Kier alpha value is -3.19. The molecule has 2 amide bonds. The van der Waals surface area contributed by atoms with Crippen molar-refractivity contribution in [1.29, 1.82) is 0 Å². The first-order valence-corrected chi connectivity index (χ1v) is 11.0. The number of carbonyl (C=O) groups excluding carboxylic acids is 3. The van der Waals surface area contributed by atoms with Gasteiger partial charge >= 0.3 is 5.97 Å². The quantitative estimate of drug-likeness (QED) is 0.292. The van der Waals surface area contributed by atoms with Gasteiger partial charge in [0.25, 0.3) is 11.8 Å². The molecule has 1 aromatic carbocycles. The second kappa shape index (κ2) is 8.06. The zero-order valence-electron chi connectivity index (χ0n) is 17.4. The predicted molar refractivity (Wildman–Crippen MR) is 117 cm³/mol. The molecule has 2 fully saturated rings. The van der Waals surface area contributed by atoms with Crippen LogP contribution in [0.4, 0.5) is 0 Å². The Morgan fingerprint density at radius 2 is 1.84 bits per heavy atom. The van der Waals surface area contributed by atoms with E-state index in [-0.39, 0.29) is 52.7 Å². The lowest BCUT2D eigenvalue weighted by molar-refractivity contribution is -0.140. The summed E-state index contributed by atoms with van der Waals surface area (Å²) in [6.07, 6.45) is 7.39. The van der Waals surface area contributed by atoms with Crippen molar-refractivity contribution >= 4 is 35.6 Å². The number of nitrogens with zero attached hydrogens (tertiary/aromatic N) is 2. The topological polar surface area (TPSA) is 89.2 Å². The van der Waals surface area contributed by atoms with Gasteiger partial charge in [-0.15, -0.1) is 0 Å². The molecule has 1 aromatic heterocycles. The fourth-order valence-corrected chi connectivity index (χ4v) is 5.10. The van der Waals surface area contributed by atoms with Gasteiger partial charge in [-0.2, -0.15) is 10.1 Å². The molecule has 0 radical (unpaired) electrons. The Kier molecular flexibility index (Phi) is 5.21. The van der Waals surface area contributed by atoms with Gasteiger partial charge in [0.2, 0.25) is 0 Å². The summed E-state index contributed by atoms with van der Waals surface area (Å²) in [5.41, 5.74) is 0.885. The number of ether oxygens (including phenoxy) is 1. The summed E-state index contributed by atoms with van der Waals surface area (Å²) in [4.78, 5) is 37.8. The molecule has 4 atom stereocenters. The number of furan rings is 1. The Bertz CT molecular complexity index is 1130. The number of carbonyl (C=O) groups is 3. The van der Waals surface area contributed by atoms with Gasteiger partial charge in [-0.1, -0.05) is 23.8 Å². The highest BCUT2D eigenvalue weighted by atomic mass is 35.5. The highest BCUT2D eigenvalue weighted by Crippen LogP contribution is 2.49. The normalized spacial score (nSPS) is 26.2. The van der Waals surface area contributed by atoms with E-state index in [0.29, 0.717) is 17.1 Å². The third-order valence-corrected chi connectivity index (χ3v) is 6.74. The number of hydrazone groups is 1. The molecule has 7 nitrogen and oxygen atoms in total. The Morgan fingerprint density at radius 1 is 1.16 bits per heavy atom. The zero-order chi connectivity index (χ0) is 22.4. The van der Waals surface area contributed by atoms with Gasteiger partial charge < -0.3 is 9.15 Å². The monoisotopic (exact) mass is 452 g/mol. The maximum atomic E-state index is 12.8. The van der Waals surface area contributed by atoms with Crippen molar-refractivity contribution in [3.63, 3.8) is 0 Å². The highest BCUT2D eigenvalue weighted by Gasteiger charge is 2.56. The molecule has 164 valence electrons. The maximum absolute atomic E-state index is 12.8. The smallest absolute Gasteiger partial charge is 0.339 e. The van der Waals surface area contributed by atoms with E-state index in [1.165, 1.54) is 6.21 Å². The van der Waals surface area contributed by atoms with Crippen LogP contribution < -0.4 is 0 Å². The number of benzene rings is 1. The number of amides is 2. The number of rotatable bonds is 5. The molecule has 4 aliphatic rings. The first kappa shape index (κ1) is 20.7. The standard InChI is InChI=1S/C24H21ClN2O5/c1-2-31-24(30)17-11-15(7-9-18(17)25)19-10-8-16(32-19)12-26-27-22(28)20-13-3-4-14(6-5-13)21(20)23(27)29/h3-4,7-14,20-21H,2,5-6H2,1H3/b26-12-/t13-,14-,20+,21+/m1/s1. The van der Waals surface area contributed by atoms with Crippen LogP contribution in [0.15, 0.2) is 52.0 Å². The van der Waals surface area contributed by atoms with Crippen molar-refractivity contribution in [2.45, 2.75) is 19.8 Å². The first-order chi connectivity index (χ1) is 15.5. The number of allylic oxidation sites excluding steroid dienone is 2. The molecule has 0 N–H and O–H groups in total. The minimum Gasteiger partial charge on any atom is -0.462 e. The summed E-state index contributed by atoms with van der Waals surface area (Å²) in [7, 11) is 0. The largest absolute Gasteiger partial charge is 0.462 e. The number of hydrogen-bond acceptors (Lipinski definition) is 6. The number of halogens is 1. The lowest BCUT2D eigenvalue weighted by atomic mass is 9.63. The van der Waals surface area contributed by atoms with Crippen molar-refractivity contribution < 1.29 is 23.5 Å². The van der Waals surface area contributed by atoms with Crippen molar-refractivity contribution in [2.75, 3.05) is 6.61 Å². The van der Waals surface area contributed by atoms with E-state index in [9.17, 15) is 14.4 Å². The van der Waals surface area contributed by atoms with Crippen molar-refractivity contribution in [3.8, 4) is 11.3 Å². The van der Waals surface area contributed by atoms with E-state index < -0.39 is 5.97 Å². The average Bonchev–Trinajstić information content (AvgIpc) is 3.38. The van der Waals surface area contributed by atoms with Crippen molar-refractivity contribution in [3.05, 3.63) is 58.8 Å². The van der Waals surface area contributed by atoms with Gasteiger partial charge in [0.05, 0.1) is 35.2 Å². The summed E-state index contributed by atoms with van der Waals surface area (Å²) in [6, 6.07) is 8.33. The molecule has 2 heterocycles. The molecule has 32 heavy (non-hydrogen) atoms. The van der Waals surface area contributed by atoms with Crippen LogP contribution in [0.2, 0.25) is 5.02 Å². The zero-order valence-corrected chi connectivity index (χ0v) is 18.1. The SMILES string of the molecule is CCOC(=O)c1cc(-c2ccc(/C=N\N3C(=O)[C@@H]4[C@@H](C3=O)[C@@H]3C=C[C@@H]4CC3)o2)ccc1Cl. The predicted octanol–water partition coefficient (Wildman–Crippen LogP) is 4.31. The average molecular weight is 453 g/mol. The van der Waals surface area contributed by atoms with Crippen LogP contribution >= 0.6 is 11.6 Å². The summed E-state index contributed by atoms with van der Waals surface area (Å²) in [6.45, 7) is 1.97. The molecule has 1 saturated carbocycles. The molecule has 1 saturated heterocycles. The van der Waals surface area contributed by atoms with Gasteiger partial charge in [-0.05, 0) is 61.9 Å². The van der Waals surface area contributed by atoms with Gasteiger partial charge in [0.15, 0.2) is 0 Å². The van der Waals surface area contributed by atoms with Crippen LogP contribution in [0.1, 0.15) is 35.9 Å². The maximum Gasteiger partial charge on any atom is 0.339 e. The summed E-state index contributed by atoms with van der Waals surface area (Å²) >= 11 is 6.12. The van der Waals surface area contributed by atoms with E-state index in [4.69, 9.17) is 20.8 Å². The number of esters is 1. The van der Waals surface area contributed by atoms with E-state index >= 15 is 0 Å². The van der Waals surface area contributed by atoms with Crippen molar-refractivity contribution in [2.24, 2.45) is 28.8 Å². The third kappa shape index (κ3) is 3.37. The number of hydrogen-bond donors (Lipinski definition) is 0. The second-order valence-corrected chi connectivity index (χ2v) is 8.60. The Morgan fingerprint density at radius 3 is 2.47 bits per heavy atom. The molecule has 1 aliphatic heterocycles. The molecular formula is C24H21ClN2O5. The lowest BCUT2D eigenvalue weighted by Gasteiger charge is -2.37. The van der Waals surface area contributed by atoms with Gasteiger partial charge in [-0.3, -0.25) is 9.59 Å². The summed E-state index contributed by atoms with van der Waals surface area (Å²) < 4.78 is 10.8. The molecule has 8 heteroatoms. The van der Waals surface area contributed by atoms with E-state index in [1.807, 2.05) is 0 Å². The molecule has 2 aromatic rings. The van der Waals surface area contributed by atoms with Crippen LogP contribution in [-0.2, 0) is 14.3 Å². The van der Waals surface area contributed by atoms with E-state index in [0.717, 1.165) is 17.9 Å². The van der Waals surface area contributed by atoms with Crippen LogP contribution in [0.25, 0.3) is 11.3 Å². The Labute approximate surface area is 189 Å². The first-order valence-electron chi connectivity index (χ1n) is 10.6. The van der Waals surface area contributed by atoms with Gasteiger partial charge in [0, 0.05) is 5.56 Å². The molecule has 6 rings (SSSR count). The third-order valence-electron chi connectivity index (χ3n) is 6.41. The number of imide groups is 1. The number of fused-ring (bicyclic) bond motifs is 1. The van der Waals surface area contributed by atoms with Crippen LogP contribution in [-0.4, -0.2) is 35.6 Å². The minimum absolute atomic E-state index is 0.121. The second-order valence-electron chi connectivity index (χ2n) is 8.19. The Balaban J connectivity index is 1.35. The van der Waals surface area contributed by atoms with Gasteiger partial charge in [0.1, 0.15) is 11.5 Å². The highest BCUT2D eigenvalue weighted by molar-refractivity contribution is 6.33. The van der Waals surface area contributed by atoms with Gasteiger partial charge in [-0.25, -0.2) is 4.79 Å². The van der Waals surface area contributed by atoms with Crippen molar-refractivity contribution in [1.82, 2.24) is 5.01 Å². The molecule has 2 bridgehead atoms. The minimum atomic E-state index is -0.510.